The molecule has 0 saturated heterocycles. The molecule has 0 spiro atoms. The number of hydrogen-bond acceptors (Lipinski definition) is 3. The molecule has 0 radical (unpaired) electrons. The van der Waals surface area contributed by atoms with Crippen LogP contribution in [0.3, 0.4) is 0 Å². The molecule has 3 rings (SSSR count). The van der Waals surface area contributed by atoms with Crippen LogP contribution in [0.1, 0.15) is 15.9 Å². The highest BCUT2D eigenvalue weighted by atomic mass is 16.5. The maximum Gasteiger partial charge on any atom is 0.255 e. The van der Waals surface area contributed by atoms with Gasteiger partial charge in [-0.2, -0.15) is 0 Å². The predicted octanol–water partition coefficient (Wildman–Crippen LogP) is 3.48. The summed E-state index contributed by atoms with van der Waals surface area (Å²) in [5.41, 5.74) is 1.27. The number of para-hydroxylation sites is 1. The van der Waals surface area contributed by atoms with E-state index in [4.69, 9.17) is 4.74 Å². The van der Waals surface area contributed by atoms with Crippen LogP contribution in [0.25, 0.3) is 10.8 Å². The standard InChI is InChI=1S/C19H17NO3/c1-23-16-9-8-14-10-13(6-7-15(14)11-16)12-20-19(22)17-4-2-3-5-18(17)21/h2-11,21H,12H2,1H3,(H,20,22). The number of ether oxygens (including phenoxy) is 1. The number of rotatable bonds is 4. The fourth-order valence-electron chi connectivity index (χ4n) is 2.45. The first-order valence-corrected chi connectivity index (χ1v) is 7.30. The second-order valence-electron chi connectivity index (χ2n) is 5.25. The Hall–Kier alpha value is -3.01. The van der Waals surface area contributed by atoms with Crippen LogP contribution in [0.15, 0.2) is 60.7 Å². The van der Waals surface area contributed by atoms with Gasteiger partial charge in [-0.15, -0.1) is 0 Å². The monoisotopic (exact) mass is 307 g/mol. The van der Waals surface area contributed by atoms with Gasteiger partial charge in [0.2, 0.25) is 0 Å². The maximum absolute atomic E-state index is 12.1. The topological polar surface area (TPSA) is 58.6 Å². The van der Waals surface area contributed by atoms with Crippen molar-refractivity contribution in [2.24, 2.45) is 0 Å². The molecule has 0 heterocycles. The summed E-state index contributed by atoms with van der Waals surface area (Å²) in [7, 11) is 1.64. The summed E-state index contributed by atoms with van der Waals surface area (Å²) in [6.45, 7) is 0.398. The van der Waals surface area contributed by atoms with E-state index in [9.17, 15) is 9.90 Å². The molecule has 2 N–H and O–H groups in total. The Morgan fingerprint density at radius 3 is 2.57 bits per heavy atom. The second kappa shape index (κ2) is 6.40. The van der Waals surface area contributed by atoms with Crippen LogP contribution in [-0.2, 0) is 6.54 Å². The van der Waals surface area contributed by atoms with Crippen molar-refractivity contribution in [3.05, 3.63) is 71.8 Å². The molecule has 3 aromatic rings. The van der Waals surface area contributed by atoms with Gasteiger partial charge in [0.1, 0.15) is 11.5 Å². The van der Waals surface area contributed by atoms with Gasteiger partial charge in [-0.25, -0.2) is 0 Å². The molecule has 116 valence electrons. The molecule has 3 aromatic carbocycles. The normalized spacial score (nSPS) is 10.5. The predicted molar refractivity (Wildman–Crippen MR) is 89.8 cm³/mol. The summed E-state index contributed by atoms with van der Waals surface area (Å²) in [4.78, 5) is 12.1. The Kier molecular flexibility index (Phi) is 4.15. The Bertz CT molecular complexity index is 858. The van der Waals surface area contributed by atoms with Crippen LogP contribution in [-0.4, -0.2) is 18.1 Å². The molecular formula is C19H17NO3. The molecule has 0 aliphatic rings. The van der Waals surface area contributed by atoms with Crippen molar-refractivity contribution in [1.29, 1.82) is 0 Å². The summed E-state index contributed by atoms with van der Waals surface area (Å²) in [5.74, 6) is 0.506. The third-order valence-electron chi connectivity index (χ3n) is 3.71. The van der Waals surface area contributed by atoms with Gasteiger partial charge in [-0.3, -0.25) is 4.79 Å². The van der Waals surface area contributed by atoms with Gasteiger partial charge < -0.3 is 15.2 Å². The maximum atomic E-state index is 12.1. The molecule has 1 amide bonds. The molecule has 0 fully saturated rings. The quantitative estimate of drug-likeness (QED) is 0.776. The van der Waals surface area contributed by atoms with E-state index in [-0.39, 0.29) is 17.2 Å². The molecule has 0 aliphatic carbocycles. The van der Waals surface area contributed by atoms with E-state index in [1.165, 1.54) is 6.07 Å². The number of fused-ring (bicyclic) bond motifs is 1. The number of carbonyl (C=O) groups excluding carboxylic acids is 1. The molecule has 0 atom stereocenters. The Morgan fingerprint density at radius 1 is 1.04 bits per heavy atom. The van der Waals surface area contributed by atoms with Gasteiger partial charge in [0.25, 0.3) is 5.91 Å². The van der Waals surface area contributed by atoms with Crippen molar-refractivity contribution in [3.8, 4) is 11.5 Å². The number of carbonyl (C=O) groups is 1. The van der Waals surface area contributed by atoms with E-state index in [1.807, 2.05) is 36.4 Å². The molecule has 0 saturated carbocycles. The Labute approximate surface area is 134 Å². The van der Waals surface area contributed by atoms with Crippen molar-refractivity contribution < 1.29 is 14.6 Å². The zero-order valence-corrected chi connectivity index (χ0v) is 12.7. The van der Waals surface area contributed by atoms with E-state index in [0.717, 1.165) is 22.1 Å². The van der Waals surface area contributed by atoms with E-state index in [0.29, 0.717) is 6.54 Å². The fraction of sp³-hybridized carbons (Fsp3) is 0.105. The van der Waals surface area contributed by atoms with Gasteiger partial charge in [0, 0.05) is 6.54 Å². The average Bonchev–Trinajstić information content (AvgIpc) is 2.59. The minimum absolute atomic E-state index is 0.0180. The minimum Gasteiger partial charge on any atom is -0.507 e. The van der Waals surface area contributed by atoms with Crippen molar-refractivity contribution >= 4 is 16.7 Å². The third kappa shape index (κ3) is 3.26. The van der Waals surface area contributed by atoms with Crippen LogP contribution in [0.2, 0.25) is 0 Å². The third-order valence-corrected chi connectivity index (χ3v) is 3.71. The summed E-state index contributed by atoms with van der Waals surface area (Å²) in [5, 5.41) is 14.7. The van der Waals surface area contributed by atoms with Gasteiger partial charge >= 0.3 is 0 Å². The number of hydrogen-bond donors (Lipinski definition) is 2. The first-order valence-electron chi connectivity index (χ1n) is 7.30. The number of benzene rings is 3. The minimum atomic E-state index is -0.294. The smallest absolute Gasteiger partial charge is 0.255 e. The van der Waals surface area contributed by atoms with Crippen LogP contribution in [0.5, 0.6) is 11.5 Å². The lowest BCUT2D eigenvalue weighted by Gasteiger charge is -2.08. The number of aromatic hydroxyl groups is 1. The molecule has 0 bridgehead atoms. The molecule has 4 heteroatoms. The summed E-state index contributed by atoms with van der Waals surface area (Å²) >= 11 is 0. The molecule has 0 aliphatic heterocycles. The van der Waals surface area contributed by atoms with Crippen molar-refractivity contribution in [2.75, 3.05) is 7.11 Å². The first-order chi connectivity index (χ1) is 11.2. The van der Waals surface area contributed by atoms with Gasteiger partial charge in [0.15, 0.2) is 0 Å². The molecule has 0 unspecified atom stereocenters. The lowest BCUT2D eigenvalue weighted by Crippen LogP contribution is -2.22. The Morgan fingerprint density at radius 2 is 1.78 bits per heavy atom. The van der Waals surface area contributed by atoms with E-state index >= 15 is 0 Å². The zero-order valence-electron chi connectivity index (χ0n) is 12.7. The van der Waals surface area contributed by atoms with Crippen LogP contribution in [0.4, 0.5) is 0 Å². The van der Waals surface area contributed by atoms with Crippen LogP contribution < -0.4 is 10.1 Å². The summed E-state index contributed by atoms with van der Waals surface area (Å²) < 4.78 is 5.21. The van der Waals surface area contributed by atoms with E-state index in [2.05, 4.69) is 5.32 Å². The molecule has 0 aromatic heterocycles. The highest BCUT2D eigenvalue weighted by Gasteiger charge is 2.09. The SMILES string of the molecule is COc1ccc2cc(CNC(=O)c3ccccc3O)ccc2c1. The number of phenols is 1. The second-order valence-corrected chi connectivity index (χ2v) is 5.25. The van der Waals surface area contributed by atoms with Crippen molar-refractivity contribution in [3.63, 3.8) is 0 Å². The molecule has 4 nitrogen and oxygen atoms in total. The number of methoxy groups -OCH3 is 1. The van der Waals surface area contributed by atoms with E-state index in [1.54, 1.807) is 25.3 Å². The Balaban J connectivity index is 1.74. The highest BCUT2D eigenvalue weighted by molar-refractivity contribution is 5.96. The van der Waals surface area contributed by atoms with Gasteiger partial charge in [-0.1, -0.05) is 30.3 Å². The lowest BCUT2D eigenvalue weighted by atomic mass is 10.1. The fourth-order valence-corrected chi connectivity index (χ4v) is 2.45. The molecular weight excluding hydrogens is 290 g/mol. The average molecular weight is 307 g/mol. The van der Waals surface area contributed by atoms with Crippen molar-refractivity contribution in [1.82, 2.24) is 5.32 Å². The van der Waals surface area contributed by atoms with Crippen LogP contribution >= 0.6 is 0 Å². The zero-order chi connectivity index (χ0) is 16.2. The first kappa shape index (κ1) is 14.9. The number of amides is 1. The van der Waals surface area contributed by atoms with Crippen molar-refractivity contribution in [2.45, 2.75) is 6.54 Å². The van der Waals surface area contributed by atoms with Gasteiger partial charge in [0.05, 0.1) is 12.7 Å². The van der Waals surface area contributed by atoms with Gasteiger partial charge in [-0.05, 0) is 46.7 Å². The lowest BCUT2D eigenvalue weighted by molar-refractivity contribution is 0.0948. The summed E-state index contributed by atoms with van der Waals surface area (Å²) in [6, 6.07) is 18.4. The van der Waals surface area contributed by atoms with E-state index < -0.39 is 0 Å². The largest absolute Gasteiger partial charge is 0.507 e. The number of nitrogens with one attached hydrogen (secondary N) is 1. The number of phenolic OH excluding ortho intramolecular Hbond substituents is 1. The van der Waals surface area contributed by atoms with Crippen LogP contribution in [0, 0.1) is 0 Å². The molecule has 23 heavy (non-hydrogen) atoms. The highest BCUT2D eigenvalue weighted by Crippen LogP contribution is 2.22. The summed E-state index contributed by atoms with van der Waals surface area (Å²) in [6.07, 6.45) is 0.